The van der Waals surface area contributed by atoms with Crippen molar-refractivity contribution in [2.45, 2.75) is 53.1 Å². The van der Waals surface area contributed by atoms with Gasteiger partial charge in [0.05, 0.1) is 7.11 Å². The Balaban J connectivity index is 1.93. The average Bonchev–Trinajstić information content (AvgIpc) is 2.91. The second-order valence-corrected chi connectivity index (χ2v) is 8.69. The van der Waals surface area contributed by atoms with Crippen LogP contribution in [0.1, 0.15) is 46.1 Å². The molecule has 1 fully saturated rings. The summed E-state index contributed by atoms with van der Waals surface area (Å²) >= 11 is 0. The molecule has 0 radical (unpaired) electrons. The lowest BCUT2D eigenvalue weighted by Gasteiger charge is -2.29. The molecule has 1 atom stereocenters. The molecule has 1 N–H and O–H groups in total. The minimum absolute atomic E-state index is 0.0389. The molecule has 1 aliphatic rings. The topological polar surface area (TPSA) is 61.9 Å². The fourth-order valence-corrected chi connectivity index (χ4v) is 3.65. The Bertz CT molecular complexity index is 658. The lowest BCUT2D eigenvalue weighted by Crippen LogP contribution is -2.52. The van der Waals surface area contributed by atoms with Crippen molar-refractivity contribution in [2.75, 3.05) is 33.3 Å². The number of rotatable bonds is 8. The maximum Gasteiger partial charge on any atom is 0.245 e. The summed E-state index contributed by atoms with van der Waals surface area (Å²) in [4.78, 5) is 29.7. The molecule has 6 heteroatoms. The minimum Gasteiger partial charge on any atom is -0.497 e. The minimum atomic E-state index is -0.450. The van der Waals surface area contributed by atoms with Gasteiger partial charge >= 0.3 is 0 Å². The molecule has 0 spiro atoms. The van der Waals surface area contributed by atoms with E-state index in [1.165, 1.54) is 5.56 Å². The summed E-state index contributed by atoms with van der Waals surface area (Å²) in [6.07, 6.45) is 1.39. The van der Waals surface area contributed by atoms with Gasteiger partial charge in [-0.3, -0.25) is 14.5 Å². The zero-order valence-electron chi connectivity index (χ0n) is 18.6. The first-order chi connectivity index (χ1) is 13.8. The standard InChI is InChI=1S/C23H37N3O3/c1-17(2)15-21(27)24-22(18(3)4)23(28)26-12-6-11-25(13-14-26)16-19-7-9-20(29-5)10-8-19/h7-10,17-18,22H,6,11-16H2,1-5H3,(H,24,27). The number of carbonyl (C=O) groups excluding carboxylic acids is 2. The van der Waals surface area contributed by atoms with E-state index in [-0.39, 0.29) is 23.7 Å². The first-order valence-electron chi connectivity index (χ1n) is 10.7. The fraction of sp³-hybridized carbons (Fsp3) is 0.652. The van der Waals surface area contributed by atoms with Gasteiger partial charge in [-0.1, -0.05) is 39.8 Å². The van der Waals surface area contributed by atoms with E-state index in [2.05, 4.69) is 22.3 Å². The van der Waals surface area contributed by atoms with E-state index in [1.54, 1.807) is 7.11 Å². The predicted molar refractivity (Wildman–Crippen MR) is 116 cm³/mol. The third-order valence-electron chi connectivity index (χ3n) is 5.31. The summed E-state index contributed by atoms with van der Waals surface area (Å²) in [6, 6.07) is 7.69. The summed E-state index contributed by atoms with van der Waals surface area (Å²) in [5, 5.41) is 2.97. The zero-order valence-corrected chi connectivity index (χ0v) is 18.6. The molecule has 1 aliphatic heterocycles. The molecule has 162 valence electrons. The highest BCUT2D eigenvalue weighted by Gasteiger charge is 2.29. The van der Waals surface area contributed by atoms with Crippen molar-refractivity contribution in [2.24, 2.45) is 11.8 Å². The molecule has 1 heterocycles. The number of ether oxygens (including phenoxy) is 1. The second-order valence-electron chi connectivity index (χ2n) is 8.69. The Hall–Kier alpha value is -2.08. The van der Waals surface area contributed by atoms with Crippen LogP contribution in [0.15, 0.2) is 24.3 Å². The molecule has 2 amide bonds. The molecule has 1 saturated heterocycles. The Morgan fingerprint density at radius 1 is 1.03 bits per heavy atom. The fourth-order valence-electron chi connectivity index (χ4n) is 3.65. The zero-order chi connectivity index (χ0) is 21.4. The van der Waals surface area contributed by atoms with Gasteiger partial charge in [0.2, 0.25) is 11.8 Å². The van der Waals surface area contributed by atoms with Crippen LogP contribution in [-0.2, 0) is 16.1 Å². The number of nitrogens with one attached hydrogen (secondary N) is 1. The number of hydrogen-bond donors (Lipinski definition) is 1. The molecule has 0 aromatic heterocycles. The van der Waals surface area contributed by atoms with Gasteiger partial charge in [0.25, 0.3) is 0 Å². The summed E-state index contributed by atoms with van der Waals surface area (Å²) in [7, 11) is 1.67. The maximum absolute atomic E-state index is 13.1. The van der Waals surface area contributed by atoms with Gasteiger partial charge in [-0.05, 0) is 36.0 Å². The number of amides is 2. The van der Waals surface area contributed by atoms with Crippen molar-refractivity contribution in [3.63, 3.8) is 0 Å². The van der Waals surface area contributed by atoms with Crippen LogP contribution in [-0.4, -0.2) is 60.9 Å². The Labute approximate surface area is 175 Å². The molecular formula is C23H37N3O3. The third kappa shape index (κ3) is 7.35. The van der Waals surface area contributed by atoms with Crippen LogP contribution in [0.5, 0.6) is 5.75 Å². The summed E-state index contributed by atoms with van der Waals surface area (Å²) < 4.78 is 5.22. The Kier molecular flexibility index (Phi) is 8.96. The largest absolute Gasteiger partial charge is 0.497 e. The smallest absolute Gasteiger partial charge is 0.245 e. The summed E-state index contributed by atoms with van der Waals surface area (Å²) in [5.41, 5.74) is 1.24. The molecular weight excluding hydrogens is 366 g/mol. The third-order valence-corrected chi connectivity index (χ3v) is 5.31. The highest BCUT2D eigenvalue weighted by Crippen LogP contribution is 2.15. The van der Waals surface area contributed by atoms with E-state index in [0.29, 0.717) is 13.0 Å². The van der Waals surface area contributed by atoms with Crippen LogP contribution < -0.4 is 10.1 Å². The molecule has 2 rings (SSSR count). The Morgan fingerprint density at radius 2 is 1.72 bits per heavy atom. The number of nitrogens with zero attached hydrogens (tertiary/aromatic N) is 2. The van der Waals surface area contributed by atoms with E-state index in [9.17, 15) is 9.59 Å². The molecule has 0 saturated carbocycles. The van der Waals surface area contributed by atoms with Gasteiger partial charge in [-0.2, -0.15) is 0 Å². The van der Waals surface area contributed by atoms with Crippen molar-refractivity contribution >= 4 is 11.8 Å². The van der Waals surface area contributed by atoms with Crippen LogP contribution in [0.4, 0.5) is 0 Å². The van der Waals surface area contributed by atoms with Gasteiger partial charge in [0.1, 0.15) is 11.8 Å². The first kappa shape index (κ1) is 23.2. The molecule has 1 aromatic carbocycles. The van der Waals surface area contributed by atoms with Crippen molar-refractivity contribution in [1.82, 2.24) is 15.1 Å². The molecule has 0 bridgehead atoms. The van der Waals surface area contributed by atoms with Gasteiger partial charge in [0, 0.05) is 39.1 Å². The van der Waals surface area contributed by atoms with Crippen LogP contribution in [0.3, 0.4) is 0 Å². The molecule has 0 aliphatic carbocycles. The van der Waals surface area contributed by atoms with Gasteiger partial charge < -0.3 is 15.0 Å². The van der Waals surface area contributed by atoms with Crippen LogP contribution >= 0.6 is 0 Å². The summed E-state index contributed by atoms with van der Waals surface area (Å²) in [5.74, 6) is 1.21. The van der Waals surface area contributed by atoms with E-state index in [4.69, 9.17) is 4.74 Å². The van der Waals surface area contributed by atoms with Gasteiger partial charge in [-0.25, -0.2) is 0 Å². The van der Waals surface area contributed by atoms with Crippen molar-refractivity contribution in [3.8, 4) is 5.75 Å². The molecule has 29 heavy (non-hydrogen) atoms. The number of hydrogen-bond acceptors (Lipinski definition) is 4. The lowest BCUT2D eigenvalue weighted by atomic mass is 10.0. The molecule has 1 unspecified atom stereocenters. The van der Waals surface area contributed by atoms with Crippen LogP contribution in [0.2, 0.25) is 0 Å². The Morgan fingerprint density at radius 3 is 2.31 bits per heavy atom. The highest BCUT2D eigenvalue weighted by molar-refractivity contribution is 5.88. The predicted octanol–water partition coefficient (Wildman–Crippen LogP) is 2.92. The van der Waals surface area contributed by atoms with E-state index < -0.39 is 6.04 Å². The maximum atomic E-state index is 13.1. The number of methoxy groups -OCH3 is 1. The van der Waals surface area contributed by atoms with Crippen molar-refractivity contribution in [3.05, 3.63) is 29.8 Å². The second kappa shape index (κ2) is 11.2. The SMILES string of the molecule is COc1ccc(CN2CCCN(C(=O)C(NC(=O)CC(C)C)C(C)C)CC2)cc1. The highest BCUT2D eigenvalue weighted by atomic mass is 16.5. The lowest BCUT2D eigenvalue weighted by molar-refractivity contribution is -0.137. The quantitative estimate of drug-likeness (QED) is 0.725. The van der Waals surface area contributed by atoms with E-state index in [1.807, 2.05) is 44.7 Å². The van der Waals surface area contributed by atoms with Gasteiger partial charge in [0.15, 0.2) is 0 Å². The van der Waals surface area contributed by atoms with E-state index >= 15 is 0 Å². The van der Waals surface area contributed by atoms with E-state index in [0.717, 1.165) is 38.3 Å². The summed E-state index contributed by atoms with van der Waals surface area (Å²) in [6.45, 7) is 12.1. The van der Waals surface area contributed by atoms with Gasteiger partial charge in [-0.15, -0.1) is 0 Å². The van der Waals surface area contributed by atoms with Crippen LogP contribution in [0, 0.1) is 11.8 Å². The van der Waals surface area contributed by atoms with Crippen molar-refractivity contribution in [1.29, 1.82) is 0 Å². The number of benzene rings is 1. The molecule has 6 nitrogen and oxygen atoms in total. The normalized spacial score (nSPS) is 16.6. The van der Waals surface area contributed by atoms with Crippen LogP contribution in [0.25, 0.3) is 0 Å². The van der Waals surface area contributed by atoms with Crippen molar-refractivity contribution < 1.29 is 14.3 Å². The first-order valence-corrected chi connectivity index (χ1v) is 10.7. The average molecular weight is 404 g/mol. The number of carbonyl (C=O) groups is 2. The molecule has 1 aromatic rings. The monoisotopic (exact) mass is 403 g/mol.